The number of aliphatic hydroxyl groups excluding tert-OH is 2. The Morgan fingerprint density at radius 2 is 2.33 bits per heavy atom. The van der Waals surface area contributed by atoms with Gasteiger partial charge in [-0.1, -0.05) is 6.07 Å². The average Bonchev–Trinajstić information content (AvgIpc) is 2.27. The largest absolute Gasteiger partial charge is 0.394 e. The molecule has 0 fully saturated rings. The number of nitrogens with zero attached hydrogens (tertiary/aromatic N) is 1. The molecule has 0 spiro atoms. The maximum absolute atomic E-state index is 9.18. The number of thioether (sulfide) groups is 1. The Bertz CT molecular complexity index is 297. The van der Waals surface area contributed by atoms with Crippen molar-refractivity contribution in [1.29, 1.82) is 0 Å². The molecule has 0 aromatic carbocycles. The molecule has 0 amide bonds. The molecule has 3 N–H and O–H groups in total. The number of hydrogen-bond acceptors (Lipinski definition) is 5. The van der Waals surface area contributed by atoms with Crippen molar-refractivity contribution in [3.05, 3.63) is 18.2 Å². The first-order chi connectivity index (χ1) is 7.26. The number of pyridine rings is 1. The predicted molar refractivity (Wildman–Crippen MR) is 62.2 cm³/mol. The van der Waals surface area contributed by atoms with E-state index in [1.165, 1.54) is 11.8 Å². The van der Waals surface area contributed by atoms with Gasteiger partial charge in [-0.05, 0) is 19.1 Å². The van der Waals surface area contributed by atoms with E-state index in [0.29, 0.717) is 5.75 Å². The van der Waals surface area contributed by atoms with Crippen molar-refractivity contribution in [3.63, 3.8) is 0 Å². The van der Waals surface area contributed by atoms with Gasteiger partial charge in [-0.15, -0.1) is 11.8 Å². The fraction of sp³-hybridized carbons (Fsp3) is 0.500. The van der Waals surface area contributed by atoms with Crippen LogP contribution in [0.5, 0.6) is 0 Å². The summed E-state index contributed by atoms with van der Waals surface area (Å²) in [6.07, 6.45) is -0.681. The molecule has 1 rings (SSSR count). The third-order valence-corrected chi connectivity index (χ3v) is 2.79. The molecule has 1 unspecified atom stereocenters. The second kappa shape index (κ2) is 6.66. The van der Waals surface area contributed by atoms with Crippen molar-refractivity contribution in [2.75, 3.05) is 24.2 Å². The Morgan fingerprint density at radius 1 is 1.53 bits per heavy atom. The van der Waals surface area contributed by atoms with Crippen LogP contribution in [-0.4, -0.2) is 40.2 Å². The molecule has 0 radical (unpaired) electrons. The molecule has 0 saturated heterocycles. The van der Waals surface area contributed by atoms with E-state index in [1.54, 1.807) is 0 Å². The van der Waals surface area contributed by atoms with Gasteiger partial charge in [0.25, 0.3) is 0 Å². The minimum atomic E-state index is -0.681. The third kappa shape index (κ3) is 4.51. The molecular weight excluding hydrogens is 212 g/mol. The van der Waals surface area contributed by atoms with Crippen LogP contribution in [0.2, 0.25) is 0 Å². The Hall–Kier alpha value is -0.780. The van der Waals surface area contributed by atoms with Crippen LogP contribution in [0.1, 0.15) is 6.92 Å². The van der Waals surface area contributed by atoms with Crippen molar-refractivity contribution < 1.29 is 10.2 Å². The molecule has 84 valence electrons. The number of aliphatic hydroxyl groups is 2. The SMILES string of the molecule is CCNc1cccc(SCC(O)CO)n1. The fourth-order valence-corrected chi connectivity index (χ4v) is 1.82. The minimum Gasteiger partial charge on any atom is -0.394 e. The van der Waals surface area contributed by atoms with E-state index in [9.17, 15) is 5.11 Å². The summed E-state index contributed by atoms with van der Waals surface area (Å²) in [4.78, 5) is 4.33. The second-order valence-electron chi connectivity index (χ2n) is 3.04. The smallest absolute Gasteiger partial charge is 0.127 e. The summed E-state index contributed by atoms with van der Waals surface area (Å²) in [7, 11) is 0. The lowest BCUT2D eigenvalue weighted by molar-refractivity contribution is 0.113. The van der Waals surface area contributed by atoms with Gasteiger partial charge in [0.1, 0.15) is 5.82 Å². The van der Waals surface area contributed by atoms with Gasteiger partial charge in [0, 0.05) is 12.3 Å². The zero-order valence-electron chi connectivity index (χ0n) is 8.68. The molecule has 15 heavy (non-hydrogen) atoms. The standard InChI is InChI=1S/C10H16N2O2S/c1-2-11-9-4-3-5-10(12-9)15-7-8(14)6-13/h3-5,8,13-14H,2,6-7H2,1H3,(H,11,12). The van der Waals surface area contributed by atoms with Gasteiger partial charge in [0.05, 0.1) is 17.7 Å². The first-order valence-electron chi connectivity index (χ1n) is 4.89. The predicted octanol–water partition coefficient (Wildman–Crippen LogP) is 0.959. The van der Waals surface area contributed by atoms with E-state index in [1.807, 2.05) is 25.1 Å². The fourth-order valence-electron chi connectivity index (χ4n) is 1.01. The zero-order chi connectivity index (χ0) is 11.1. The van der Waals surface area contributed by atoms with Gasteiger partial charge >= 0.3 is 0 Å². The highest BCUT2D eigenvalue weighted by molar-refractivity contribution is 7.99. The lowest BCUT2D eigenvalue weighted by atomic mass is 10.4. The average molecular weight is 228 g/mol. The van der Waals surface area contributed by atoms with Crippen molar-refractivity contribution in [1.82, 2.24) is 4.98 Å². The van der Waals surface area contributed by atoms with E-state index >= 15 is 0 Å². The van der Waals surface area contributed by atoms with E-state index in [0.717, 1.165) is 17.4 Å². The van der Waals surface area contributed by atoms with Crippen LogP contribution in [0.15, 0.2) is 23.2 Å². The van der Waals surface area contributed by atoms with Crippen molar-refractivity contribution in [3.8, 4) is 0 Å². The molecule has 1 atom stereocenters. The van der Waals surface area contributed by atoms with Crippen molar-refractivity contribution in [2.45, 2.75) is 18.1 Å². The van der Waals surface area contributed by atoms with Crippen LogP contribution in [0.3, 0.4) is 0 Å². The number of aromatic nitrogens is 1. The normalized spacial score (nSPS) is 12.5. The van der Waals surface area contributed by atoms with Gasteiger partial charge < -0.3 is 15.5 Å². The van der Waals surface area contributed by atoms with Crippen LogP contribution < -0.4 is 5.32 Å². The van der Waals surface area contributed by atoms with Gasteiger partial charge in [-0.3, -0.25) is 0 Å². The highest BCUT2D eigenvalue weighted by Gasteiger charge is 2.04. The maximum Gasteiger partial charge on any atom is 0.127 e. The summed E-state index contributed by atoms with van der Waals surface area (Å²) in [5, 5.41) is 21.8. The summed E-state index contributed by atoms with van der Waals surface area (Å²) in [6, 6.07) is 5.70. The van der Waals surface area contributed by atoms with Crippen LogP contribution in [0.4, 0.5) is 5.82 Å². The highest BCUT2D eigenvalue weighted by Crippen LogP contribution is 2.18. The number of rotatable bonds is 6. The maximum atomic E-state index is 9.18. The Morgan fingerprint density at radius 3 is 3.00 bits per heavy atom. The van der Waals surface area contributed by atoms with Gasteiger partial charge in [0.15, 0.2) is 0 Å². The molecule has 0 aliphatic rings. The first kappa shape index (κ1) is 12.3. The molecular formula is C10H16N2O2S. The van der Waals surface area contributed by atoms with E-state index in [2.05, 4.69) is 10.3 Å². The third-order valence-electron chi connectivity index (χ3n) is 1.72. The lowest BCUT2D eigenvalue weighted by Gasteiger charge is -2.07. The summed E-state index contributed by atoms with van der Waals surface area (Å²) in [6.45, 7) is 2.64. The second-order valence-corrected chi connectivity index (χ2v) is 4.08. The minimum absolute atomic E-state index is 0.208. The van der Waals surface area contributed by atoms with E-state index in [-0.39, 0.29) is 6.61 Å². The van der Waals surface area contributed by atoms with Crippen LogP contribution >= 0.6 is 11.8 Å². The number of hydrogen-bond donors (Lipinski definition) is 3. The molecule has 5 heteroatoms. The summed E-state index contributed by atoms with van der Waals surface area (Å²) >= 11 is 1.43. The van der Waals surface area contributed by atoms with Crippen LogP contribution in [0.25, 0.3) is 0 Å². The molecule has 1 aromatic heterocycles. The van der Waals surface area contributed by atoms with Crippen LogP contribution in [-0.2, 0) is 0 Å². The number of anilines is 1. The van der Waals surface area contributed by atoms with Gasteiger partial charge in [-0.25, -0.2) is 4.98 Å². The molecule has 0 saturated carbocycles. The van der Waals surface area contributed by atoms with Crippen molar-refractivity contribution in [2.24, 2.45) is 0 Å². The quantitative estimate of drug-likeness (QED) is 0.633. The Kier molecular flexibility index (Phi) is 5.45. The van der Waals surface area contributed by atoms with E-state index in [4.69, 9.17) is 5.11 Å². The topological polar surface area (TPSA) is 65.4 Å². The van der Waals surface area contributed by atoms with Gasteiger partial charge in [-0.2, -0.15) is 0 Å². The first-order valence-corrected chi connectivity index (χ1v) is 5.87. The van der Waals surface area contributed by atoms with Gasteiger partial charge in [0.2, 0.25) is 0 Å². The van der Waals surface area contributed by atoms with Crippen molar-refractivity contribution >= 4 is 17.6 Å². The zero-order valence-corrected chi connectivity index (χ0v) is 9.50. The van der Waals surface area contributed by atoms with E-state index < -0.39 is 6.10 Å². The molecule has 0 aliphatic heterocycles. The molecule has 0 bridgehead atoms. The summed E-state index contributed by atoms with van der Waals surface area (Å²) < 4.78 is 0. The molecule has 0 aliphatic carbocycles. The summed E-state index contributed by atoms with van der Waals surface area (Å²) in [5.41, 5.74) is 0. The monoisotopic (exact) mass is 228 g/mol. The lowest BCUT2D eigenvalue weighted by Crippen LogP contribution is -2.14. The highest BCUT2D eigenvalue weighted by atomic mass is 32.2. The molecule has 4 nitrogen and oxygen atoms in total. The Labute approximate surface area is 93.7 Å². The summed E-state index contributed by atoms with van der Waals surface area (Å²) in [5.74, 6) is 1.29. The number of nitrogens with one attached hydrogen (secondary N) is 1. The van der Waals surface area contributed by atoms with Crippen LogP contribution in [0, 0.1) is 0 Å². The Balaban J connectivity index is 2.50. The molecule has 1 aromatic rings. The molecule has 1 heterocycles.